The molecule has 1 heterocycles. The van der Waals surface area contributed by atoms with Crippen molar-refractivity contribution in [2.75, 3.05) is 13.2 Å². The van der Waals surface area contributed by atoms with E-state index in [9.17, 15) is 9.59 Å². The summed E-state index contributed by atoms with van der Waals surface area (Å²) < 4.78 is 5.76. The van der Waals surface area contributed by atoms with Crippen LogP contribution < -0.4 is 16.6 Å². The number of hydrogen-bond donors (Lipinski definition) is 3. The van der Waals surface area contributed by atoms with Crippen LogP contribution in [0.25, 0.3) is 0 Å². The molecule has 0 aromatic carbocycles. The topological polar surface area (TPSA) is 110 Å². The molecular formula is C14H22N4O3. The predicted octanol–water partition coefficient (Wildman–Crippen LogP) is 0.176. The van der Waals surface area contributed by atoms with E-state index in [0.29, 0.717) is 25.3 Å². The summed E-state index contributed by atoms with van der Waals surface area (Å²) in [4.78, 5) is 22.5. The van der Waals surface area contributed by atoms with Crippen LogP contribution in [0.3, 0.4) is 0 Å². The van der Waals surface area contributed by atoms with Crippen molar-refractivity contribution in [3.05, 3.63) is 28.2 Å². The number of nitrogens with one attached hydrogen (secondary N) is 2. The summed E-state index contributed by atoms with van der Waals surface area (Å²) >= 11 is 0. The Hall–Kier alpha value is -1.73. The smallest absolute Gasteiger partial charge is 0.271 e. The number of hydrogen-bond acceptors (Lipinski definition) is 5. The van der Waals surface area contributed by atoms with Gasteiger partial charge in [-0.15, -0.1) is 0 Å². The zero-order valence-electron chi connectivity index (χ0n) is 12.0. The number of amides is 1. The predicted molar refractivity (Wildman–Crippen MR) is 78.0 cm³/mol. The highest BCUT2D eigenvalue weighted by molar-refractivity contribution is 5.91. The van der Waals surface area contributed by atoms with Gasteiger partial charge in [-0.05, 0) is 38.2 Å². The highest BCUT2D eigenvalue weighted by Gasteiger charge is 2.18. The van der Waals surface area contributed by atoms with Crippen LogP contribution in [0.15, 0.2) is 16.9 Å². The van der Waals surface area contributed by atoms with Crippen molar-refractivity contribution in [2.24, 2.45) is 5.73 Å². The van der Waals surface area contributed by atoms with Crippen LogP contribution in [-0.2, 0) is 4.74 Å². The molecule has 7 heteroatoms. The molecule has 1 saturated carbocycles. The first kappa shape index (κ1) is 15.7. The van der Waals surface area contributed by atoms with E-state index in [0.717, 1.165) is 32.1 Å². The normalized spacial score (nSPS) is 22.0. The molecule has 2 rings (SSSR count). The molecule has 1 aliphatic carbocycles. The van der Waals surface area contributed by atoms with E-state index in [4.69, 9.17) is 10.5 Å². The second kappa shape index (κ2) is 7.90. The fourth-order valence-corrected chi connectivity index (χ4v) is 2.34. The van der Waals surface area contributed by atoms with Gasteiger partial charge in [-0.2, -0.15) is 5.10 Å². The average molecular weight is 294 g/mol. The van der Waals surface area contributed by atoms with E-state index in [1.54, 1.807) is 0 Å². The molecule has 0 bridgehead atoms. The number of nitrogens with zero attached hydrogens (tertiary/aromatic N) is 1. The summed E-state index contributed by atoms with van der Waals surface area (Å²) in [5, 5.41) is 8.63. The Morgan fingerprint density at radius 2 is 2.14 bits per heavy atom. The Labute approximate surface area is 123 Å². The van der Waals surface area contributed by atoms with Crippen molar-refractivity contribution in [1.29, 1.82) is 0 Å². The molecule has 4 N–H and O–H groups in total. The van der Waals surface area contributed by atoms with Gasteiger partial charge in [0, 0.05) is 25.3 Å². The molecule has 21 heavy (non-hydrogen) atoms. The summed E-state index contributed by atoms with van der Waals surface area (Å²) in [6, 6.07) is 3.00. The molecule has 0 saturated heterocycles. The summed E-state index contributed by atoms with van der Waals surface area (Å²) in [5.41, 5.74) is 5.72. The third-order valence-corrected chi connectivity index (χ3v) is 3.59. The Morgan fingerprint density at radius 3 is 2.81 bits per heavy atom. The number of ether oxygens (including phenoxy) is 1. The minimum atomic E-state index is -0.327. The van der Waals surface area contributed by atoms with Gasteiger partial charge < -0.3 is 15.8 Å². The zero-order valence-corrected chi connectivity index (χ0v) is 12.0. The van der Waals surface area contributed by atoms with E-state index in [1.807, 2.05) is 0 Å². The SMILES string of the molecule is NC1CCC(OCCCNC(=O)c2ccc(=O)[nH]n2)CC1. The van der Waals surface area contributed by atoms with Crippen molar-refractivity contribution < 1.29 is 9.53 Å². The number of H-pyrrole nitrogens is 1. The maximum atomic E-state index is 11.7. The quantitative estimate of drug-likeness (QED) is 0.648. The third kappa shape index (κ3) is 5.28. The summed E-state index contributed by atoms with van der Waals surface area (Å²) in [6.07, 6.45) is 5.15. The third-order valence-electron chi connectivity index (χ3n) is 3.59. The lowest BCUT2D eigenvalue weighted by Crippen LogP contribution is -2.31. The van der Waals surface area contributed by atoms with Gasteiger partial charge in [-0.25, -0.2) is 5.10 Å². The minimum absolute atomic E-state index is 0.205. The molecular weight excluding hydrogens is 272 g/mol. The molecule has 1 fully saturated rings. The van der Waals surface area contributed by atoms with Crippen LogP contribution in [0.1, 0.15) is 42.6 Å². The van der Waals surface area contributed by atoms with Gasteiger partial charge >= 0.3 is 0 Å². The molecule has 1 aromatic rings. The molecule has 0 radical (unpaired) electrons. The highest BCUT2D eigenvalue weighted by Crippen LogP contribution is 2.19. The number of carbonyl (C=O) groups is 1. The summed E-state index contributed by atoms with van der Waals surface area (Å²) in [7, 11) is 0. The summed E-state index contributed by atoms with van der Waals surface area (Å²) in [6.45, 7) is 1.14. The molecule has 0 atom stereocenters. The number of nitrogens with two attached hydrogens (primary N) is 1. The number of aromatic amines is 1. The Bertz CT molecular complexity index is 489. The van der Waals surface area contributed by atoms with Gasteiger partial charge in [-0.1, -0.05) is 0 Å². The maximum absolute atomic E-state index is 11.7. The van der Waals surface area contributed by atoms with Gasteiger partial charge in [0.2, 0.25) is 0 Å². The average Bonchev–Trinajstić information content (AvgIpc) is 2.49. The van der Waals surface area contributed by atoms with Crippen molar-refractivity contribution in [2.45, 2.75) is 44.2 Å². The van der Waals surface area contributed by atoms with E-state index in [-0.39, 0.29) is 17.2 Å². The van der Waals surface area contributed by atoms with E-state index < -0.39 is 0 Å². The fraction of sp³-hybridized carbons (Fsp3) is 0.643. The van der Waals surface area contributed by atoms with Crippen molar-refractivity contribution in [3.8, 4) is 0 Å². The van der Waals surface area contributed by atoms with Crippen LogP contribution in [0.5, 0.6) is 0 Å². The fourth-order valence-electron chi connectivity index (χ4n) is 2.34. The molecule has 7 nitrogen and oxygen atoms in total. The number of rotatable bonds is 6. The number of aromatic nitrogens is 2. The first-order valence-corrected chi connectivity index (χ1v) is 7.36. The van der Waals surface area contributed by atoms with Gasteiger partial charge in [0.25, 0.3) is 11.5 Å². The van der Waals surface area contributed by atoms with Crippen molar-refractivity contribution >= 4 is 5.91 Å². The van der Waals surface area contributed by atoms with Gasteiger partial charge in [0.05, 0.1) is 6.10 Å². The molecule has 0 spiro atoms. The zero-order chi connectivity index (χ0) is 15.1. The molecule has 1 aliphatic rings. The lowest BCUT2D eigenvalue weighted by atomic mass is 9.94. The lowest BCUT2D eigenvalue weighted by molar-refractivity contribution is 0.0241. The Kier molecular flexibility index (Phi) is 5.89. The van der Waals surface area contributed by atoms with Crippen molar-refractivity contribution in [3.63, 3.8) is 0 Å². The molecule has 0 unspecified atom stereocenters. The van der Waals surface area contributed by atoms with Crippen LogP contribution in [0.4, 0.5) is 0 Å². The standard InChI is InChI=1S/C14H22N4O3/c15-10-2-4-11(5-3-10)21-9-1-8-16-14(20)12-6-7-13(19)18-17-12/h6-7,10-11H,1-5,8-9,15H2,(H,16,20)(H,18,19). The molecule has 116 valence electrons. The van der Waals surface area contributed by atoms with Crippen LogP contribution in [0.2, 0.25) is 0 Å². The summed E-state index contributed by atoms with van der Waals surface area (Å²) in [5.74, 6) is -0.296. The van der Waals surface area contributed by atoms with Gasteiger partial charge in [-0.3, -0.25) is 9.59 Å². The van der Waals surface area contributed by atoms with Crippen LogP contribution in [-0.4, -0.2) is 41.4 Å². The Balaban J connectivity index is 1.58. The minimum Gasteiger partial charge on any atom is -0.378 e. The number of carbonyl (C=O) groups excluding carboxylic acids is 1. The van der Waals surface area contributed by atoms with Gasteiger partial charge in [0.1, 0.15) is 5.69 Å². The Morgan fingerprint density at radius 1 is 1.38 bits per heavy atom. The highest BCUT2D eigenvalue weighted by atomic mass is 16.5. The maximum Gasteiger partial charge on any atom is 0.271 e. The molecule has 1 aromatic heterocycles. The van der Waals surface area contributed by atoms with Crippen molar-refractivity contribution in [1.82, 2.24) is 15.5 Å². The second-order valence-corrected chi connectivity index (χ2v) is 5.32. The largest absolute Gasteiger partial charge is 0.378 e. The molecule has 1 amide bonds. The van der Waals surface area contributed by atoms with Crippen LogP contribution >= 0.6 is 0 Å². The first-order valence-electron chi connectivity index (χ1n) is 7.36. The lowest BCUT2D eigenvalue weighted by Gasteiger charge is -2.26. The van der Waals surface area contributed by atoms with Crippen LogP contribution in [0, 0.1) is 0 Å². The van der Waals surface area contributed by atoms with Gasteiger partial charge in [0.15, 0.2) is 0 Å². The molecule has 0 aliphatic heterocycles. The van der Waals surface area contributed by atoms with E-state index in [2.05, 4.69) is 15.5 Å². The van der Waals surface area contributed by atoms with E-state index in [1.165, 1.54) is 12.1 Å². The first-order chi connectivity index (χ1) is 10.1. The van der Waals surface area contributed by atoms with E-state index >= 15 is 0 Å². The second-order valence-electron chi connectivity index (χ2n) is 5.32. The monoisotopic (exact) mass is 294 g/mol.